The van der Waals surface area contributed by atoms with Crippen molar-refractivity contribution in [3.8, 4) is 0 Å². The second kappa shape index (κ2) is 6.81. The lowest BCUT2D eigenvalue weighted by Gasteiger charge is -2.34. The Morgan fingerprint density at radius 3 is 2.35 bits per heavy atom. The lowest BCUT2D eigenvalue weighted by molar-refractivity contribution is -0.133. The van der Waals surface area contributed by atoms with E-state index in [-0.39, 0.29) is 24.2 Å². The van der Waals surface area contributed by atoms with Crippen molar-refractivity contribution in [1.29, 1.82) is 0 Å². The first kappa shape index (κ1) is 16.6. The standard InChI is InChI=1S/C17H19FN6O2/c18-14-5-3-13(4-6-14)17(26)23-9-7-22(8-10-23)15(25)11-24-20-16(19-21-24)12-1-2-12/h3-6,12H,1-2,7-11H2. The molecule has 0 atom stereocenters. The highest BCUT2D eigenvalue weighted by Gasteiger charge is 2.29. The first-order chi connectivity index (χ1) is 12.6. The molecule has 9 heteroatoms. The minimum Gasteiger partial charge on any atom is -0.337 e. The van der Waals surface area contributed by atoms with Crippen molar-refractivity contribution in [1.82, 2.24) is 30.0 Å². The first-order valence-corrected chi connectivity index (χ1v) is 8.70. The molecule has 4 rings (SSSR count). The quantitative estimate of drug-likeness (QED) is 0.802. The topological polar surface area (TPSA) is 84.2 Å². The van der Waals surface area contributed by atoms with Gasteiger partial charge in [0.05, 0.1) is 0 Å². The SMILES string of the molecule is O=C(Cn1nnc(C2CC2)n1)N1CCN(C(=O)c2ccc(F)cc2)CC1. The molecule has 8 nitrogen and oxygen atoms in total. The van der Waals surface area contributed by atoms with Gasteiger partial charge in [0, 0.05) is 37.7 Å². The van der Waals surface area contributed by atoms with Crippen LogP contribution in [-0.2, 0) is 11.3 Å². The number of carbonyl (C=O) groups is 2. The molecule has 2 aliphatic rings. The molecule has 1 aliphatic heterocycles. The van der Waals surface area contributed by atoms with Crippen molar-refractivity contribution < 1.29 is 14.0 Å². The number of aromatic nitrogens is 4. The van der Waals surface area contributed by atoms with Gasteiger partial charge in [0.15, 0.2) is 5.82 Å². The van der Waals surface area contributed by atoms with Gasteiger partial charge in [-0.2, -0.15) is 4.80 Å². The summed E-state index contributed by atoms with van der Waals surface area (Å²) in [6.45, 7) is 1.86. The smallest absolute Gasteiger partial charge is 0.253 e. The number of benzene rings is 1. The van der Waals surface area contributed by atoms with Crippen LogP contribution in [0, 0.1) is 5.82 Å². The molecule has 2 amide bonds. The summed E-state index contributed by atoms with van der Waals surface area (Å²) in [6, 6.07) is 5.49. The van der Waals surface area contributed by atoms with Crippen LogP contribution in [-0.4, -0.2) is 68.0 Å². The summed E-state index contributed by atoms with van der Waals surface area (Å²) in [4.78, 5) is 29.5. The van der Waals surface area contributed by atoms with Crippen LogP contribution in [0.25, 0.3) is 0 Å². The number of nitrogens with zero attached hydrogens (tertiary/aromatic N) is 6. The second-order valence-corrected chi connectivity index (χ2v) is 6.63. The largest absolute Gasteiger partial charge is 0.337 e. The zero-order valence-electron chi connectivity index (χ0n) is 14.2. The third-order valence-corrected chi connectivity index (χ3v) is 4.70. The van der Waals surface area contributed by atoms with E-state index in [1.54, 1.807) is 9.80 Å². The number of piperazine rings is 1. The summed E-state index contributed by atoms with van der Waals surface area (Å²) in [7, 11) is 0. The van der Waals surface area contributed by atoms with Crippen molar-refractivity contribution in [3.05, 3.63) is 41.5 Å². The Morgan fingerprint density at radius 2 is 1.69 bits per heavy atom. The van der Waals surface area contributed by atoms with Crippen molar-refractivity contribution in [2.45, 2.75) is 25.3 Å². The van der Waals surface area contributed by atoms with Crippen LogP contribution in [0.5, 0.6) is 0 Å². The van der Waals surface area contributed by atoms with Crippen LogP contribution >= 0.6 is 0 Å². The highest BCUT2D eigenvalue weighted by atomic mass is 19.1. The average Bonchev–Trinajstić information content (AvgIpc) is 3.41. The number of rotatable bonds is 4. The summed E-state index contributed by atoms with van der Waals surface area (Å²) in [6.07, 6.45) is 2.17. The van der Waals surface area contributed by atoms with Gasteiger partial charge in [0.25, 0.3) is 5.91 Å². The van der Waals surface area contributed by atoms with E-state index in [1.807, 2.05) is 0 Å². The van der Waals surface area contributed by atoms with E-state index in [9.17, 15) is 14.0 Å². The highest BCUT2D eigenvalue weighted by molar-refractivity contribution is 5.94. The molecule has 2 heterocycles. The van der Waals surface area contributed by atoms with Gasteiger partial charge in [0.1, 0.15) is 12.4 Å². The molecule has 0 N–H and O–H groups in total. The van der Waals surface area contributed by atoms with Crippen LogP contribution in [0.15, 0.2) is 24.3 Å². The molecule has 136 valence electrons. The van der Waals surface area contributed by atoms with Crippen LogP contribution < -0.4 is 0 Å². The van der Waals surface area contributed by atoms with E-state index in [4.69, 9.17) is 0 Å². The fourth-order valence-electron chi connectivity index (χ4n) is 2.98. The molecule has 0 radical (unpaired) electrons. The molecule has 2 fully saturated rings. The summed E-state index contributed by atoms with van der Waals surface area (Å²) in [5.41, 5.74) is 0.450. The molecule has 1 aromatic carbocycles. The van der Waals surface area contributed by atoms with E-state index in [0.29, 0.717) is 43.5 Å². The minimum atomic E-state index is -0.372. The van der Waals surface area contributed by atoms with E-state index < -0.39 is 0 Å². The maximum absolute atomic E-state index is 13.0. The molecule has 1 saturated heterocycles. The summed E-state index contributed by atoms with van der Waals surface area (Å²) < 4.78 is 13.0. The predicted molar refractivity (Wildman–Crippen MR) is 88.7 cm³/mol. The molecule has 2 aromatic rings. The Kier molecular flexibility index (Phi) is 4.36. The average molecular weight is 358 g/mol. The van der Waals surface area contributed by atoms with Crippen molar-refractivity contribution in [3.63, 3.8) is 0 Å². The molecule has 0 bridgehead atoms. The van der Waals surface area contributed by atoms with E-state index in [1.165, 1.54) is 29.1 Å². The molecule has 1 aliphatic carbocycles. The van der Waals surface area contributed by atoms with Crippen LogP contribution in [0.3, 0.4) is 0 Å². The van der Waals surface area contributed by atoms with Crippen LogP contribution in [0.4, 0.5) is 4.39 Å². The fraction of sp³-hybridized carbons (Fsp3) is 0.471. The van der Waals surface area contributed by atoms with Crippen LogP contribution in [0.1, 0.15) is 34.9 Å². The molecule has 1 aromatic heterocycles. The summed E-state index contributed by atoms with van der Waals surface area (Å²) in [5, 5.41) is 12.2. The van der Waals surface area contributed by atoms with Gasteiger partial charge in [-0.15, -0.1) is 10.2 Å². The Balaban J connectivity index is 1.30. The first-order valence-electron chi connectivity index (χ1n) is 8.70. The van der Waals surface area contributed by atoms with Crippen molar-refractivity contribution in [2.24, 2.45) is 0 Å². The van der Waals surface area contributed by atoms with Crippen molar-refractivity contribution >= 4 is 11.8 Å². The van der Waals surface area contributed by atoms with Crippen molar-refractivity contribution in [2.75, 3.05) is 26.2 Å². The molecule has 0 spiro atoms. The number of hydrogen-bond acceptors (Lipinski definition) is 5. The zero-order valence-corrected chi connectivity index (χ0v) is 14.2. The minimum absolute atomic E-state index is 0.0611. The predicted octanol–water partition coefficient (Wildman–Crippen LogP) is 0.674. The van der Waals surface area contributed by atoms with Gasteiger partial charge < -0.3 is 9.80 Å². The van der Waals surface area contributed by atoms with Gasteiger partial charge in [-0.1, -0.05) is 0 Å². The molecular formula is C17H19FN6O2. The molecule has 0 unspecified atom stereocenters. The van der Waals surface area contributed by atoms with E-state index in [0.717, 1.165) is 12.8 Å². The normalized spacial score (nSPS) is 17.4. The van der Waals surface area contributed by atoms with Crippen LogP contribution in [0.2, 0.25) is 0 Å². The van der Waals surface area contributed by atoms with Gasteiger partial charge >= 0.3 is 0 Å². The highest BCUT2D eigenvalue weighted by Crippen LogP contribution is 2.37. The third-order valence-electron chi connectivity index (χ3n) is 4.70. The van der Waals surface area contributed by atoms with Gasteiger partial charge in [-0.05, 0) is 42.3 Å². The summed E-state index contributed by atoms with van der Waals surface area (Å²) in [5.74, 6) is 0.513. The lowest BCUT2D eigenvalue weighted by atomic mass is 10.2. The monoisotopic (exact) mass is 358 g/mol. The number of amides is 2. The maximum atomic E-state index is 13.0. The number of halogens is 1. The van der Waals surface area contributed by atoms with Gasteiger partial charge in [-0.3, -0.25) is 9.59 Å². The summed E-state index contributed by atoms with van der Waals surface area (Å²) >= 11 is 0. The molecular weight excluding hydrogens is 339 g/mol. The third kappa shape index (κ3) is 3.56. The molecule has 1 saturated carbocycles. The fourth-order valence-corrected chi connectivity index (χ4v) is 2.98. The molecule has 26 heavy (non-hydrogen) atoms. The Hall–Kier alpha value is -2.84. The zero-order chi connectivity index (χ0) is 18.1. The van der Waals surface area contributed by atoms with E-state index >= 15 is 0 Å². The second-order valence-electron chi connectivity index (χ2n) is 6.63. The Morgan fingerprint density at radius 1 is 1.04 bits per heavy atom. The maximum Gasteiger partial charge on any atom is 0.253 e. The number of tetrazole rings is 1. The van der Waals surface area contributed by atoms with Gasteiger partial charge in [0.2, 0.25) is 5.91 Å². The van der Waals surface area contributed by atoms with Gasteiger partial charge in [-0.25, -0.2) is 4.39 Å². The van der Waals surface area contributed by atoms with E-state index in [2.05, 4.69) is 15.4 Å². The Bertz CT molecular complexity index is 809. The number of carbonyl (C=O) groups excluding carboxylic acids is 2. The number of hydrogen-bond donors (Lipinski definition) is 0. The Labute approximate surface area is 149 Å². The lowest BCUT2D eigenvalue weighted by Crippen LogP contribution is -2.51.